The highest BCUT2D eigenvalue weighted by molar-refractivity contribution is 9.10. The van der Waals surface area contributed by atoms with Gasteiger partial charge in [-0.1, -0.05) is 0 Å². The molecule has 0 amide bonds. The van der Waals surface area contributed by atoms with Crippen molar-refractivity contribution in [3.8, 4) is 0 Å². The summed E-state index contributed by atoms with van der Waals surface area (Å²) in [5, 5.41) is 17.3. The summed E-state index contributed by atoms with van der Waals surface area (Å²) in [5.41, 5.74) is 2.16. The van der Waals surface area contributed by atoms with Crippen molar-refractivity contribution < 1.29 is 9.84 Å². The first kappa shape index (κ1) is 15.6. The number of methoxy groups -OCH3 is 1. The fourth-order valence-electron chi connectivity index (χ4n) is 1.79. The molecule has 0 saturated heterocycles. The van der Waals surface area contributed by atoms with Crippen LogP contribution in [0, 0.1) is 6.92 Å². The zero-order valence-corrected chi connectivity index (χ0v) is 12.8. The Labute approximate surface area is 117 Å². The van der Waals surface area contributed by atoms with Crippen molar-refractivity contribution in [1.29, 1.82) is 0 Å². The molecule has 0 bridgehead atoms. The van der Waals surface area contributed by atoms with E-state index in [0.29, 0.717) is 13.0 Å². The van der Waals surface area contributed by atoms with Crippen LogP contribution in [0.15, 0.2) is 4.47 Å². The third-order valence-electron chi connectivity index (χ3n) is 2.76. The summed E-state index contributed by atoms with van der Waals surface area (Å²) in [4.78, 5) is 0. The van der Waals surface area contributed by atoms with E-state index in [0.717, 1.165) is 35.5 Å². The van der Waals surface area contributed by atoms with Crippen LogP contribution in [0.1, 0.15) is 24.7 Å². The quantitative estimate of drug-likeness (QED) is 0.712. The van der Waals surface area contributed by atoms with Crippen LogP contribution >= 0.6 is 15.9 Å². The second kappa shape index (κ2) is 7.89. The van der Waals surface area contributed by atoms with Crippen LogP contribution in [0.25, 0.3) is 0 Å². The number of halogens is 1. The second-order valence-electron chi connectivity index (χ2n) is 4.24. The van der Waals surface area contributed by atoms with E-state index in [1.54, 1.807) is 7.11 Å². The maximum atomic E-state index is 9.51. The average molecular weight is 320 g/mol. The van der Waals surface area contributed by atoms with Crippen LogP contribution in [0.3, 0.4) is 0 Å². The first-order valence-electron chi connectivity index (χ1n) is 6.19. The number of nitrogens with one attached hydrogen (secondary N) is 1. The molecule has 18 heavy (non-hydrogen) atoms. The Kier molecular flexibility index (Phi) is 6.85. The predicted molar refractivity (Wildman–Crippen MR) is 74.5 cm³/mol. The molecule has 1 rings (SSSR count). The average Bonchev–Trinajstić information content (AvgIpc) is 2.62. The van der Waals surface area contributed by atoms with Gasteiger partial charge in [-0.2, -0.15) is 5.10 Å². The van der Waals surface area contributed by atoms with Crippen LogP contribution < -0.4 is 5.32 Å². The highest BCUT2D eigenvalue weighted by Crippen LogP contribution is 2.20. The van der Waals surface area contributed by atoms with Crippen LogP contribution in [0.5, 0.6) is 0 Å². The topological polar surface area (TPSA) is 59.3 Å². The SMILES string of the molecule is CCn1nc(C)c(Br)c1CNCCC(O)COC. The Morgan fingerprint density at radius 2 is 2.28 bits per heavy atom. The number of hydrogen-bond donors (Lipinski definition) is 2. The minimum absolute atomic E-state index is 0.386. The van der Waals surface area contributed by atoms with Crippen molar-refractivity contribution in [2.75, 3.05) is 20.3 Å². The van der Waals surface area contributed by atoms with Gasteiger partial charge in [-0.15, -0.1) is 0 Å². The summed E-state index contributed by atoms with van der Waals surface area (Å²) in [6, 6.07) is 0. The lowest BCUT2D eigenvalue weighted by Crippen LogP contribution is -2.24. The van der Waals surface area contributed by atoms with Crippen molar-refractivity contribution >= 4 is 15.9 Å². The Morgan fingerprint density at radius 3 is 2.89 bits per heavy atom. The molecule has 0 saturated carbocycles. The molecule has 104 valence electrons. The number of nitrogens with zero attached hydrogens (tertiary/aromatic N) is 2. The fourth-order valence-corrected chi connectivity index (χ4v) is 2.21. The van der Waals surface area contributed by atoms with E-state index in [1.807, 2.05) is 11.6 Å². The number of aromatic nitrogens is 2. The van der Waals surface area contributed by atoms with Crippen molar-refractivity contribution in [3.05, 3.63) is 15.9 Å². The van der Waals surface area contributed by atoms with E-state index in [1.165, 1.54) is 0 Å². The number of aliphatic hydroxyl groups is 1. The lowest BCUT2D eigenvalue weighted by Gasteiger charge is -2.11. The standard InChI is InChI=1S/C12H22BrN3O2/c1-4-16-11(12(13)9(2)15-16)7-14-6-5-10(17)8-18-3/h10,14,17H,4-8H2,1-3H3. The zero-order valence-electron chi connectivity index (χ0n) is 11.2. The van der Waals surface area contributed by atoms with E-state index in [2.05, 4.69) is 33.3 Å². The van der Waals surface area contributed by atoms with Gasteiger partial charge in [0.1, 0.15) is 0 Å². The molecule has 0 aliphatic heterocycles. The summed E-state index contributed by atoms with van der Waals surface area (Å²) >= 11 is 3.56. The van der Waals surface area contributed by atoms with Crippen molar-refractivity contribution in [2.24, 2.45) is 0 Å². The van der Waals surface area contributed by atoms with E-state index < -0.39 is 6.10 Å². The number of ether oxygens (including phenoxy) is 1. The molecular formula is C12H22BrN3O2. The Bertz CT molecular complexity index is 368. The fraction of sp³-hybridized carbons (Fsp3) is 0.750. The lowest BCUT2D eigenvalue weighted by atomic mass is 10.2. The molecule has 1 heterocycles. The molecule has 6 heteroatoms. The molecule has 0 fully saturated rings. The number of aryl methyl sites for hydroxylation is 2. The molecular weight excluding hydrogens is 298 g/mol. The molecule has 1 aromatic rings. The predicted octanol–water partition coefficient (Wildman–Crippen LogP) is 1.46. The van der Waals surface area contributed by atoms with Gasteiger partial charge in [-0.3, -0.25) is 4.68 Å². The molecule has 1 atom stereocenters. The molecule has 0 aliphatic rings. The highest BCUT2D eigenvalue weighted by atomic mass is 79.9. The van der Waals surface area contributed by atoms with Gasteiger partial charge in [0, 0.05) is 20.2 Å². The number of aliphatic hydroxyl groups excluding tert-OH is 1. The van der Waals surface area contributed by atoms with Crippen molar-refractivity contribution in [2.45, 2.75) is 39.5 Å². The van der Waals surface area contributed by atoms with Gasteiger partial charge < -0.3 is 15.2 Å². The van der Waals surface area contributed by atoms with Crippen LogP contribution in [-0.4, -0.2) is 41.3 Å². The summed E-state index contributed by atoms with van der Waals surface area (Å²) in [6.45, 7) is 6.81. The Morgan fingerprint density at radius 1 is 1.56 bits per heavy atom. The summed E-state index contributed by atoms with van der Waals surface area (Å²) in [6.07, 6.45) is 0.286. The molecule has 0 spiro atoms. The molecule has 0 aliphatic carbocycles. The lowest BCUT2D eigenvalue weighted by molar-refractivity contribution is 0.0594. The smallest absolute Gasteiger partial charge is 0.0785 e. The maximum absolute atomic E-state index is 9.51. The third-order valence-corrected chi connectivity index (χ3v) is 3.79. The first-order chi connectivity index (χ1) is 8.60. The van der Waals surface area contributed by atoms with Gasteiger partial charge in [-0.05, 0) is 42.7 Å². The van der Waals surface area contributed by atoms with E-state index >= 15 is 0 Å². The Hall–Kier alpha value is -0.430. The van der Waals surface area contributed by atoms with Gasteiger partial charge in [0.2, 0.25) is 0 Å². The molecule has 0 radical (unpaired) electrons. The second-order valence-corrected chi connectivity index (χ2v) is 5.03. The molecule has 2 N–H and O–H groups in total. The Balaban J connectivity index is 2.39. The van der Waals surface area contributed by atoms with Crippen LogP contribution in [-0.2, 0) is 17.8 Å². The molecule has 5 nitrogen and oxygen atoms in total. The van der Waals surface area contributed by atoms with E-state index in [-0.39, 0.29) is 0 Å². The number of hydrogen-bond acceptors (Lipinski definition) is 4. The summed E-state index contributed by atoms with van der Waals surface area (Å²) in [5.74, 6) is 0. The van der Waals surface area contributed by atoms with Crippen molar-refractivity contribution in [3.63, 3.8) is 0 Å². The highest BCUT2D eigenvalue weighted by Gasteiger charge is 2.11. The van der Waals surface area contributed by atoms with E-state index in [4.69, 9.17) is 4.74 Å². The summed E-state index contributed by atoms with van der Waals surface area (Å²) in [7, 11) is 1.59. The molecule has 1 unspecified atom stereocenters. The molecule has 0 aromatic carbocycles. The maximum Gasteiger partial charge on any atom is 0.0785 e. The largest absolute Gasteiger partial charge is 0.391 e. The van der Waals surface area contributed by atoms with Gasteiger partial charge in [0.05, 0.1) is 28.6 Å². The van der Waals surface area contributed by atoms with Gasteiger partial charge in [0.15, 0.2) is 0 Å². The van der Waals surface area contributed by atoms with Gasteiger partial charge >= 0.3 is 0 Å². The van der Waals surface area contributed by atoms with Crippen molar-refractivity contribution in [1.82, 2.24) is 15.1 Å². The van der Waals surface area contributed by atoms with Gasteiger partial charge in [0.25, 0.3) is 0 Å². The van der Waals surface area contributed by atoms with Crippen LogP contribution in [0.2, 0.25) is 0 Å². The minimum atomic E-state index is -0.399. The van der Waals surface area contributed by atoms with Crippen LogP contribution in [0.4, 0.5) is 0 Å². The van der Waals surface area contributed by atoms with E-state index in [9.17, 15) is 5.11 Å². The summed E-state index contributed by atoms with van der Waals surface area (Å²) < 4.78 is 7.93. The monoisotopic (exact) mass is 319 g/mol. The molecule has 1 aromatic heterocycles. The normalized spacial score (nSPS) is 12.9. The first-order valence-corrected chi connectivity index (χ1v) is 6.98. The minimum Gasteiger partial charge on any atom is -0.391 e. The zero-order chi connectivity index (χ0) is 13.5. The number of rotatable bonds is 8. The van der Waals surface area contributed by atoms with Gasteiger partial charge in [-0.25, -0.2) is 0 Å². The third kappa shape index (κ3) is 4.35.